The van der Waals surface area contributed by atoms with E-state index in [2.05, 4.69) is 5.32 Å². The van der Waals surface area contributed by atoms with Crippen LogP contribution in [0.4, 0.5) is 5.69 Å². The van der Waals surface area contributed by atoms with Crippen molar-refractivity contribution in [3.8, 4) is 17.6 Å². The molecule has 0 aliphatic heterocycles. The first-order valence-electron chi connectivity index (χ1n) is 7.81. The van der Waals surface area contributed by atoms with Crippen molar-refractivity contribution in [2.45, 2.75) is 13.8 Å². The number of nitrogens with zero attached hydrogens (tertiary/aromatic N) is 1. The van der Waals surface area contributed by atoms with Crippen LogP contribution < -0.4 is 14.8 Å². The lowest BCUT2D eigenvalue weighted by Crippen LogP contribution is -2.14. The second-order valence-corrected chi connectivity index (χ2v) is 6.08. The minimum absolute atomic E-state index is 0.0653. The minimum atomic E-state index is -0.506. The molecule has 0 spiro atoms. The molecule has 2 aromatic carbocycles. The average Bonchev–Trinajstić information content (AvgIpc) is 2.62. The molecule has 0 aliphatic carbocycles. The highest BCUT2D eigenvalue weighted by molar-refractivity contribution is 6.32. The highest BCUT2D eigenvalue weighted by Gasteiger charge is 2.14. The van der Waals surface area contributed by atoms with E-state index in [9.17, 15) is 10.1 Å². The summed E-state index contributed by atoms with van der Waals surface area (Å²) >= 11 is 6.14. The second-order valence-electron chi connectivity index (χ2n) is 5.67. The van der Waals surface area contributed by atoms with E-state index < -0.39 is 5.91 Å². The highest BCUT2D eigenvalue weighted by atomic mass is 35.5. The van der Waals surface area contributed by atoms with Gasteiger partial charge in [-0.15, -0.1) is 0 Å². The topological polar surface area (TPSA) is 71.3 Å². The number of halogens is 1. The summed E-state index contributed by atoms with van der Waals surface area (Å²) in [6.07, 6.45) is 1.43. The zero-order chi connectivity index (χ0) is 19.3. The Morgan fingerprint density at radius 1 is 1.15 bits per heavy atom. The Bertz CT molecular complexity index is 914. The molecule has 0 fully saturated rings. The maximum absolute atomic E-state index is 12.5. The monoisotopic (exact) mass is 370 g/mol. The quantitative estimate of drug-likeness (QED) is 0.620. The Kier molecular flexibility index (Phi) is 6.26. The molecular weight excluding hydrogens is 352 g/mol. The normalized spacial score (nSPS) is 10.8. The molecule has 0 aromatic heterocycles. The van der Waals surface area contributed by atoms with Gasteiger partial charge in [0.2, 0.25) is 0 Å². The molecule has 2 aromatic rings. The Hall–Kier alpha value is -2.97. The van der Waals surface area contributed by atoms with Gasteiger partial charge < -0.3 is 14.8 Å². The van der Waals surface area contributed by atoms with Crippen LogP contribution in [-0.2, 0) is 4.79 Å². The molecule has 0 unspecified atom stereocenters. The molecule has 6 heteroatoms. The van der Waals surface area contributed by atoms with Crippen LogP contribution in [0, 0.1) is 25.2 Å². The van der Waals surface area contributed by atoms with Crippen molar-refractivity contribution in [1.82, 2.24) is 0 Å². The van der Waals surface area contributed by atoms with Gasteiger partial charge in [0.25, 0.3) is 5.91 Å². The molecular formula is C20H19ClN2O3. The van der Waals surface area contributed by atoms with Gasteiger partial charge in [0.15, 0.2) is 0 Å². The summed E-state index contributed by atoms with van der Waals surface area (Å²) in [7, 11) is 2.98. The minimum Gasteiger partial charge on any atom is -0.496 e. The van der Waals surface area contributed by atoms with Gasteiger partial charge in [-0.05, 0) is 37.6 Å². The van der Waals surface area contributed by atoms with Crippen LogP contribution in [0.15, 0.2) is 35.9 Å². The van der Waals surface area contributed by atoms with Crippen LogP contribution in [0.2, 0.25) is 5.02 Å². The summed E-state index contributed by atoms with van der Waals surface area (Å²) < 4.78 is 10.4. The predicted molar refractivity (Wildman–Crippen MR) is 103 cm³/mol. The summed E-state index contributed by atoms with van der Waals surface area (Å²) in [6, 6.07) is 10.8. The van der Waals surface area contributed by atoms with Crippen molar-refractivity contribution >= 4 is 29.3 Å². The van der Waals surface area contributed by atoms with Gasteiger partial charge in [0, 0.05) is 17.3 Å². The zero-order valence-electron chi connectivity index (χ0n) is 15.0. The smallest absolute Gasteiger partial charge is 0.266 e. The van der Waals surface area contributed by atoms with E-state index in [0.29, 0.717) is 27.8 Å². The molecule has 1 N–H and O–H groups in total. The summed E-state index contributed by atoms with van der Waals surface area (Å²) in [5.74, 6) is 0.380. The van der Waals surface area contributed by atoms with Gasteiger partial charge in [0.1, 0.15) is 23.1 Å². The fourth-order valence-corrected chi connectivity index (χ4v) is 2.69. The van der Waals surface area contributed by atoms with Gasteiger partial charge in [-0.1, -0.05) is 29.3 Å². The lowest BCUT2D eigenvalue weighted by molar-refractivity contribution is -0.112. The van der Waals surface area contributed by atoms with Crippen molar-refractivity contribution in [3.63, 3.8) is 0 Å². The van der Waals surface area contributed by atoms with Crippen molar-refractivity contribution in [2.24, 2.45) is 0 Å². The number of carbonyl (C=O) groups is 1. The Morgan fingerprint density at radius 2 is 1.85 bits per heavy atom. The number of carbonyl (C=O) groups excluding carboxylic acids is 1. The predicted octanol–water partition coefficient (Wildman–Crippen LogP) is 4.52. The van der Waals surface area contributed by atoms with E-state index >= 15 is 0 Å². The molecule has 0 radical (unpaired) electrons. The summed E-state index contributed by atoms with van der Waals surface area (Å²) in [6.45, 7) is 3.86. The highest BCUT2D eigenvalue weighted by Crippen LogP contribution is 2.33. The van der Waals surface area contributed by atoms with Gasteiger partial charge in [0.05, 0.1) is 19.2 Å². The number of methoxy groups -OCH3 is 2. The molecule has 0 aliphatic rings. The molecule has 26 heavy (non-hydrogen) atoms. The van der Waals surface area contributed by atoms with E-state index in [-0.39, 0.29) is 5.57 Å². The number of nitrogens with one attached hydrogen (secondary N) is 1. The maximum Gasteiger partial charge on any atom is 0.266 e. The Morgan fingerprint density at radius 3 is 2.42 bits per heavy atom. The first-order valence-corrected chi connectivity index (χ1v) is 8.19. The van der Waals surface area contributed by atoms with Gasteiger partial charge in [-0.2, -0.15) is 5.26 Å². The lowest BCUT2D eigenvalue weighted by Gasteiger charge is -2.11. The third kappa shape index (κ3) is 4.35. The Labute approximate surface area is 157 Å². The number of ether oxygens (including phenoxy) is 2. The van der Waals surface area contributed by atoms with Crippen LogP contribution in [-0.4, -0.2) is 20.1 Å². The second kappa shape index (κ2) is 8.41. The number of aryl methyl sites for hydroxylation is 2. The molecule has 0 saturated heterocycles. The van der Waals surface area contributed by atoms with E-state index in [1.807, 2.05) is 38.1 Å². The van der Waals surface area contributed by atoms with Gasteiger partial charge in [-0.3, -0.25) is 4.79 Å². The number of anilines is 1. The third-order valence-corrected chi connectivity index (χ3v) is 4.09. The molecule has 0 atom stereocenters. The number of amides is 1. The number of hydrogen-bond acceptors (Lipinski definition) is 4. The third-order valence-electron chi connectivity index (χ3n) is 3.80. The molecule has 5 nitrogen and oxygen atoms in total. The summed E-state index contributed by atoms with van der Waals surface area (Å²) in [5, 5.41) is 12.5. The van der Waals surface area contributed by atoms with Gasteiger partial charge in [-0.25, -0.2) is 0 Å². The lowest BCUT2D eigenvalue weighted by atomic mass is 10.1. The molecule has 134 valence electrons. The van der Waals surface area contributed by atoms with Crippen LogP contribution in [0.3, 0.4) is 0 Å². The molecule has 0 heterocycles. The molecule has 0 bridgehead atoms. The van der Waals surface area contributed by atoms with Crippen molar-refractivity contribution in [1.29, 1.82) is 5.26 Å². The van der Waals surface area contributed by atoms with E-state index in [0.717, 1.165) is 11.1 Å². The SMILES string of the molecule is COc1cc(OC)c(/C=C(\C#N)C(=O)Nc2ccc(C)cc2C)cc1Cl. The molecule has 0 saturated carbocycles. The molecule has 1 amide bonds. The maximum atomic E-state index is 12.5. The largest absolute Gasteiger partial charge is 0.496 e. The number of hydrogen-bond donors (Lipinski definition) is 1. The van der Waals surface area contributed by atoms with E-state index in [1.54, 1.807) is 12.1 Å². The number of nitriles is 1. The number of rotatable bonds is 5. The van der Waals surface area contributed by atoms with Crippen LogP contribution >= 0.6 is 11.6 Å². The van der Waals surface area contributed by atoms with Crippen LogP contribution in [0.1, 0.15) is 16.7 Å². The fourth-order valence-electron chi connectivity index (χ4n) is 2.44. The first-order chi connectivity index (χ1) is 12.4. The number of benzene rings is 2. The van der Waals surface area contributed by atoms with Crippen LogP contribution in [0.5, 0.6) is 11.5 Å². The zero-order valence-corrected chi connectivity index (χ0v) is 15.8. The summed E-state index contributed by atoms with van der Waals surface area (Å²) in [5.41, 5.74) is 3.10. The average molecular weight is 371 g/mol. The van der Waals surface area contributed by atoms with E-state index in [4.69, 9.17) is 21.1 Å². The molecule has 2 rings (SSSR count). The van der Waals surface area contributed by atoms with Crippen molar-refractivity contribution in [3.05, 3.63) is 57.6 Å². The standard InChI is InChI=1S/C20H19ClN2O3/c1-12-5-6-17(13(2)7-12)23-20(24)15(11-22)8-14-9-16(21)19(26-4)10-18(14)25-3/h5-10H,1-4H3,(H,23,24)/b15-8+. The van der Waals surface area contributed by atoms with Gasteiger partial charge >= 0.3 is 0 Å². The van der Waals surface area contributed by atoms with Crippen molar-refractivity contribution in [2.75, 3.05) is 19.5 Å². The first kappa shape index (κ1) is 19.4. The summed E-state index contributed by atoms with van der Waals surface area (Å²) in [4.78, 5) is 12.5. The fraction of sp³-hybridized carbons (Fsp3) is 0.200. The van der Waals surface area contributed by atoms with Crippen molar-refractivity contribution < 1.29 is 14.3 Å². The van der Waals surface area contributed by atoms with Crippen LogP contribution in [0.25, 0.3) is 6.08 Å². The van der Waals surface area contributed by atoms with E-state index in [1.165, 1.54) is 20.3 Å². The Balaban J connectivity index is 2.37.